The van der Waals surface area contributed by atoms with Crippen molar-refractivity contribution in [3.05, 3.63) is 17.5 Å². The molecule has 1 N–H and O–H groups in total. The van der Waals surface area contributed by atoms with Crippen LogP contribution in [0.4, 0.5) is 5.82 Å². The highest BCUT2D eigenvalue weighted by atomic mass is 35.5. The molecule has 0 fully saturated rings. The van der Waals surface area contributed by atoms with Crippen molar-refractivity contribution >= 4 is 17.4 Å². The van der Waals surface area contributed by atoms with Crippen LogP contribution in [0.25, 0.3) is 0 Å². The van der Waals surface area contributed by atoms with Crippen LogP contribution >= 0.6 is 11.6 Å². The lowest BCUT2D eigenvalue weighted by atomic mass is 10.3. The van der Waals surface area contributed by atoms with Gasteiger partial charge < -0.3 is 10.0 Å². The Kier molecular flexibility index (Phi) is 4.78. The number of nitrogens with zero attached hydrogens (tertiary/aromatic N) is 3. The highest BCUT2D eigenvalue weighted by Crippen LogP contribution is 2.21. The second-order valence-corrected chi connectivity index (χ2v) is 3.89. The van der Waals surface area contributed by atoms with E-state index in [0.717, 1.165) is 6.54 Å². The lowest BCUT2D eigenvalue weighted by Crippen LogP contribution is -2.33. The molecule has 0 aliphatic rings. The third-order valence-corrected chi connectivity index (χ3v) is 2.36. The Labute approximate surface area is 94.9 Å². The van der Waals surface area contributed by atoms with Crippen molar-refractivity contribution < 1.29 is 5.11 Å². The number of aromatic nitrogens is 2. The van der Waals surface area contributed by atoms with Crippen LogP contribution in [0.15, 0.2) is 12.4 Å². The third kappa shape index (κ3) is 3.32. The number of hydrogen-bond donors (Lipinski definition) is 1. The standard InChI is InChI=1S/C10H16ClN3O/c1-8(2)14(6-3-7-15)10-9(11)12-4-5-13-10/h4-5,8,15H,3,6-7H2,1-2H3. The molecule has 84 valence electrons. The highest BCUT2D eigenvalue weighted by molar-refractivity contribution is 6.31. The highest BCUT2D eigenvalue weighted by Gasteiger charge is 2.14. The normalized spacial score (nSPS) is 10.7. The number of aliphatic hydroxyl groups is 1. The molecule has 0 radical (unpaired) electrons. The minimum Gasteiger partial charge on any atom is -0.396 e. The fourth-order valence-corrected chi connectivity index (χ4v) is 1.57. The van der Waals surface area contributed by atoms with Gasteiger partial charge in [-0.05, 0) is 20.3 Å². The van der Waals surface area contributed by atoms with Crippen LogP contribution in [0, 0.1) is 0 Å². The van der Waals surface area contributed by atoms with Crippen LogP contribution in [-0.4, -0.2) is 34.3 Å². The molecule has 0 atom stereocenters. The lowest BCUT2D eigenvalue weighted by Gasteiger charge is -2.27. The summed E-state index contributed by atoms with van der Waals surface area (Å²) >= 11 is 5.96. The van der Waals surface area contributed by atoms with Gasteiger partial charge in [-0.1, -0.05) is 11.6 Å². The van der Waals surface area contributed by atoms with Crippen LogP contribution in [-0.2, 0) is 0 Å². The van der Waals surface area contributed by atoms with Gasteiger partial charge in [-0.2, -0.15) is 0 Å². The van der Waals surface area contributed by atoms with Gasteiger partial charge in [0.25, 0.3) is 0 Å². The molecule has 0 saturated heterocycles. The molecule has 15 heavy (non-hydrogen) atoms. The van der Waals surface area contributed by atoms with Crippen LogP contribution in [0.5, 0.6) is 0 Å². The summed E-state index contributed by atoms with van der Waals surface area (Å²) in [7, 11) is 0. The molecular formula is C10H16ClN3O. The van der Waals surface area contributed by atoms with Crippen molar-refractivity contribution in [1.82, 2.24) is 9.97 Å². The molecule has 0 aromatic carbocycles. The second kappa shape index (κ2) is 5.88. The molecule has 0 aliphatic carbocycles. The Morgan fingerprint density at radius 2 is 2.07 bits per heavy atom. The van der Waals surface area contributed by atoms with Crippen molar-refractivity contribution in [3.8, 4) is 0 Å². The first kappa shape index (κ1) is 12.2. The Morgan fingerprint density at radius 3 is 2.60 bits per heavy atom. The summed E-state index contributed by atoms with van der Waals surface area (Å²) in [6.07, 6.45) is 3.89. The average Bonchev–Trinajstić information content (AvgIpc) is 2.20. The SMILES string of the molecule is CC(C)N(CCCO)c1nccnc1Cl. The van der Waals surface area contributed by atoms with E-state index >= 15 is 0 Å². The van der Waals surface area contributed by atoms with E-state index in [1.807, 2.05) is 4.90 Å². The number of halogens is 1. The van der Waals surface area contributed by atoms with Gasteiger partial charge in [-0.3, -0.25) is 0 Å². The van der Waals surface area contributed by atoms with Crippen LogP contribution < -0.4 is 4.90 Å². The van der Waals surface area contributed by atoms with Gasteiger partial charge in [-0.15, -0.1) is 0 Å². The zero-order valence-corrected chi connectivity index (χ0v) is 9.78. The summed E-state index contributed by atoms with van der Waals surface area (Å²) in [6, 6.07) is 0.283. The smallest absolute Gasteiger partial charge is 0.171 e. The Hall–Kier alpha value is -0.870. The monoisotopic (exact) mass is 229 g/mol. The summed E-state index contributed by atoms with van der Waals surface area (Å²) < 4.78 is 0. The molecule has 0 unspecified atom stereocenters. The number of hydrogen-bond acceptors (Lipinski definition) is 4. The minimum absolute atomic E-state index is 0.168. The van der Waals surface area contributed by atoms with E-state index in [-0.39, 0.29) is 12.6 Å². The predicted molar refractivity (Wildman–Crippen MR) is 61.2 cm³/mol. The van der Waals surface area contributed by atoms with E-state index in [4.69, 9.17) is 16.7 Å². The van der Waals surface area contributed by atoms with Crippen molar-refractivity contribution in [2.45, 2.75) is 26.3 Å². The first-order valence-corrected chi connectivity index (χ1v) is 5.38. The maximum absolute atomic E-state index is 8.82. The fourth-order valence-electron chi connectivity index (χ4n) is 1.36. The molecular weight excluding hydrogens is 214 g/mol. The molecule has 5 heteroatoms. The molecule has 1 rings (SSSR count). The molecule has 1 aromatic heterocycles. The number of aliphatic hydroxyl groups excluding tert-OH is 1. The molecule has 0 bridgehead atoms. The van der Waals surface area contributed by atoms with Gasteiger partial charge in [0.2, 0.25) is 0 Å². The first-order chi connectivity index (χ1) is 7.16. The van der Waals surface area contributed by atoms with Gasteiger partial charge in [0.05, 0.1) is 0 Å². The van der Waals surface area contributed by atoms with E-state index in [9.17, 15) is 0 Å². The zero-order valence-electron chi connectivity index (χ0n) is 9.02. The van der Waals surface area contributed by atoms with Gasteiger partial charge >= 0.3 is 0 Å². The zero-order chi connectivity index (χ0) is 11.3. The van der Waals surface area contributed by atoms with Crippen LogP contribution in [0.3, 0.4) is 0 Å². The predicted octanol–water partition coefficient (Wildman–Crippen LogP) is 1.73. The summed E-state index contributed by atoms with van der Waals surface area (Å²) in [5.74, 6) is 0.683. The third-order valence-electron chi connectivity index (χ3n) is 2.09. The van der Waals surface area contributed by atoms with Crippen LogP contribution in [0.2, 0.25) is 5.15 Å². The molecule has 0 spiro atoms. The number of rotatable bonds is 5. The molecule has 0 aliphatic heterocycles. The van der Waals surface area contributed by atoms with Gasteiger partial charge in [0.15, 0.2) is 11.0 Å². The summed E-state index contributed by atoms with van der Waals surface area (Å²) in [5.41, 5.74) is 0. The molecule has 0 amide bonds. The Balaban J connectivity index is 2.84. The average molecular weight is 230 g/mol. The van der Waals surface area contributed by atoms with Gasteiger partial charge in [0.1, 0.15) is 0 Å². The van der Waals surface area contributed by atoms with Crippen molar-refractivity contribution in [1.29, 1.82) is 0 Å². The van der Waals surface area contributed by atoms with E-state index in [0.29, 0.717) is 17.4 Å². The molecule has 1 aromatic rings. The minimum atomic E-state index is 0.168. The quantitative estimate of drug-likeness (QED) is 0.836. The van der Waals surface area contributed by atoms with E-state index < -0.39 is 0 Å². The van der Waals surface area contributed by atoms with Crippen molar-refractivity contribution in [2.75, 3.05) is 18.1 Å². The maximum atomic E-state index is 8.82. The molecule has 1 heterocycles. The topological polar surface area (TPSA) is 49.2 Å². The van der Waals surface area contributed by atoms with Crippen LogP contribution in [0.1, 0.15) is 20.3 Å². The first-order valence-electron chi connectivity index (χ1n) is 5.00. The van der Waals surface area contributed by atoms with Crippen molar-refractivity contribution in [2.24, 2.45) is 0 Å². The Bertz CT molecular complexity index is 306. The largest absolute Gasteiger partial charge is 0.396 e. The summed E-state index contributed by atoms with van der Waals surface area (Å²) in [5, 5.41) is 9.22. The van der Waals surface area contributed by atoms with Gasteiger partial charge in [-0.25, -0.2) is 9.97 Å². The lowest BCUT2D eigenvalue weighted by molar-refractivity contribution is 0.288. The summed E-state index contributed by atoms with van der Waals surface area (Å²) in [6.45, 7) is 5.01. The number of anilines is 1. The van der Waals surface area contributed by atoms with E-state index in [1.165, 1.54) is 0 Å². The maximum Gasteiger partial charge on any atom is 0.171 e. The summed E-state index contributed by atoms with van der Waals surface area (Å²) in [4.78, 5) is 10.2. The second-order valence-electron chi connectivity index (χ2n) is 3.54. The van der Waals surface area contributed by atoms with E-state index in [2.05, 4.69) is 23.8 Å². The van der Waals surface area contributed by atoms with Crippen molar-refractivity contribution in [3.63, 3.8) is 0 Å². The molecule has 4 nitrogen and oxygen atoms in total. The fraction of sp³-hybridized carbons (Fsp3) is 0.600. The Morgan fingerprint density at radius 1 is 1.40 bits per heavy atom. The van der Waals surface area contributed by atoms with Gasteiger partial charge in [0, 0.05) is 31.6 Å². The molecule has 0 saturated carbocycles. The van der Waals surface area contributed by atoms with E-state index in [1.54, 1.807) is 12.4 Å².